The molecule has 0 saturated carbocycles. The Hall–Kier alpha value is -5.77. The van der Waals surface area contributed by atoms with Crippen LogP contribution in [0.1, 0.15) is 61.6 Å². The highest BCUT2D eigenvalue weighted by Gasteiger charge is 2.28. The van der Waals surface area contributed by atoms with E-state index in [1.54, 1.807) is 55.5 Å². The molecular weight excluding hydrogens is 690 g/mol. The molecule has 0 aromatic heterocycles. The van der Waals surface area contributed by atoms with Crippen molar-refractivity contribution in [2.45, 2.75) is 57.5 Å². The van der Waals surface area contributed by atoms with Crippen LogP contribution in [0.15, 0.2) is 71.7 Å². The van der Waals surface area contributed by atoms with E-state index in [-0.39, 0.29) is 44.3 Å². The summed E-state index contributed by atoms with van der Waals surface area (Å²) in [7, 11) is 0. The standard InChI is InChI=1S/C37H48F2N8O6/c1-2-32(49)42-18-19-44-37(52)47-36(41)43-17-8-11-31(34(50)45-23-28-29(38)21-26(48)22-30(28)39)46-35(51)33(24-9-4-3-5-10-24)25-12-14-27(15-13-25)53-20-7-6-16-40/h3-5,9-10,12-15,21-22,31,33,48H,2,6-8,11,16-20,23,40H2,1H3,(H,42,49)(H,45,50)(H,46,51)(H4,41,43,44,47,52)/t31-,33?/m1/s1. The van der Waals surface area contributed by atoms with Gasteiger partial charge in [-0.2, -0.15) is 4.99 Å². The van der Waals surface area contributed by atoms with E-state index in [0.29, 0.717) is 36.4 Å². The summed E-state index contributed by atoms with van der Waals surface area (Å²) in [5, 5.41) is 22.7. The molecule has 10 N–H and O–H groups in total. The van der Waals surface area contributed by atoms with Crippen LogP contribution < -0.4 is 42.8 Å². The molecule has 0 radical (unpaired) electrons. The quantitative estimate of drug-likeness (QED) is 0.0484. The molecule has 0 aliphatic rings. The minimum atomic E-state index is -1.16. The van der Waals surface area contributed by atoms with Crippen LogP contribution in [-0.4, -0.2) is 73.6 Å². The van der Waals surface area contributed by atoms with E-state index in [0.717, 1.165) is 25.0 Å². The number of carbonyl (C=O) groups excluding carboxylic acids is 4. The summed E-state index contributed by atoms with van der Waals surface area (Å²) in [5.41, 5.74) is 12.2. The molecule has 3 rings (SSSR count). The van der Waals surface area contributed by atoms with E-state index in [2.05, 4.69) is 31.6 Å². The number of aliphatic imine (C=N–C) groups is 1. The van der Waals surface area contributed by atoms with Crippen LogP contribution in [0.25, 0.3) is 0 Å². The van der Waals surface area contributed by atoms with Gasteiger partial charge in [-0.05, 0) is 55.5 Å². The molecule has 3 aromatic rings. The third-order valence-corrected chi connectivity index (χ3v) is 7.92. The zero-order chi connectivity index (χ0) is 38.6. The van der Waals surface area contributed by atoms with Gasteiger partial charge in [0.05, 0.1) is 12.5 Å². The second kappa shape index (κ2) is 22.2. The fraction of sp³-hybridized carbons (Fsp3) is 0.378. The van der Waals surface area contributed by atoms with Gasteiger partial charge < -0.3 is 47.9 Å². The number of nitrogens with zero attached hydrogens (tertiary/aromatic N) is 1. The summed E-state index contributed by atoms with van der Waals surface area (Å²) in [6, 6.07) is 15.6. The number of unbranched alkanes of at least 4 members (excludes halogenated alkanes) is 1. The molecule has 0 heterocycles. The number of rotatable bonds is 20. The summed E-state index contributed by atoms with van der Waals surface area (Å²) >= 11 is 0. The lowest BCUT2D eigenvalue weighted by Gasteiger charge is -2.23. The summed E-state index contributed by atoms with van der Waals surface area (Å²) in [5.74, 6) is -4.48. The molecule has 0 bridgehead atoms. The Morgan fingerprint density at radius 3 is 2.15 bits per heavy atom. The normalized spacial score (nSPS) is 12.3. The van der Waals surface area contributed by atoms with E-state index in [9.17, 15) is 33.1 Å². The van der Waals surface area contributed by atoms with Crippen LogP contribution in [0.5, 0.6) is 11.5 Å². The Morgan fingerprint density at radius 1 is 0.830 bits per heavy atom. The van der Waals surface area contributed by atoms with Gasteiger partial charge in [-0.15, -0.1) is 0 Å². The SMILES string of the molecule is CCC(=O)NCCNC(=O)/N=C(/N)NCCC[C@@H](NC(=O)C(c1ccccc1)c1ccc(OCCCCN)cc1)C(=O)NCc1c(F)cc(O)cc1F. The Morgan fingerprint density at radius 2 is 1.49 bits per heavy atom. The van der Waals surface area contributed by atoms with Gasteiger partial charge in [0, 0.05) is 50.3 Å². The van der Waals surface area contributed by atoms with Gasteiger partial charge in [0.15, 0.2) is 5.96 Å². The lowest BCUT2D eigenvalue weighted by Crippen LogP contribution is -2.48. The molecule has 16 heteroatoms. The van der Waals surface area contributed by atoms with Crippen LogP contribution in [0.2, 0.25) is 0 Å². The summed E-state index contributed by atoms with van der Waals surface area (Å²) in [4.78, 5) is 54.6. The molecule has 0 saturated heterocycles. The largest absolute Gasteiger partial charge is 0.508 e. The molecular formula is C37H48F2N8O6. The van der Waals surface area contributed by atoms with Gasteiger partial charge >= 0.3 is 6.03 Å². The predicted octanol–water partition coefficient (Wildman–Crippen LogP) is 2.64. The third-order valence-electron chi connectivity index (χ3n) is 7.92. The van der Waals surface area contributed by atoms with E-state index >= 15 is 0 Å². The fourth-order valence-corrected chi connectivity index (χ4v) is 5.12. The number of nitrogens with two attached hydrogens (primary N) is 2. The predicted molar refractivity (Wildman–Crippen MR) is 196 cm³/mol. The first-order chi connectivity index (χ1) is 25.5. The van der Waals surface area contributed by atoms with Crippen LogP contribution in [0.4, 0.5) is 13.6 Å². The molecule has 0 aliphatic heterocycles. The van der Waals surface area contributed by atoms with Crippen LogP contribution in [-0.2, 0) is 20.9 Å². The number of benzene rings is 3. The maximum absolute atomic E-state index is 14.4. The van der Waals surface area contributed by atoms with Crippen molar-refractivity contribution in [3.8, 4) is 11.5 Å². The average Bonchev–Trinajstić information content (AvgIpc) is 3.13. The number of aromatic hydroxyl groups is 1. The topological polar surface area (TPSA) is 222 Å². The van der Waals surface area contributed by atoms with Gasteiger partial charge in [0.25, 0.3) is 0 Å². The third kappa shape index (κ3) is 14.4. The van der Waals surface area contributed by atoms with Crippen molar-refractivity contribution in [3.63, 3.8) is 0 Å². The first-order valence-electron chi connectivity index (χ1n) is 17.4. The van der Waals surface area contributed by atoms with Crippen LogP contribution >= 0.6 is 0 Å². The zero-order valence-corrected chi connectivity index (χ0v) is 29.6. The number of hydrogen-bond acceptors (Lipinski definition) is 7. The van der Waals surface area contributed by atoms with Gasteiger partial charge in [0.2, 0.25) is 17.7 Å². The number of hydrogen-bond donors (Lipinski definition) is 8. The van der Waals surface area contributed by atoms with Crippen LogP contribution in [0.3, 0.4) is 0 Å². The van der Waals surface area contributed by atoms with Crippen molar-refractivity contribution < 1.29 is 37.8 Å². The van der Waals surface area contributed by atoms with E-state index in [4.69, 9.17) is 16.2 Å². The number of guanidine groups is 1. The molecule has 1 unspecified atom stereocenters. The highest BCUT2D eigenvalue weighted by Crippen LogP contribution is 2.27. The van der Waals surface area contributed by atoms with Crippen LogP contribution in [0, 0.1) is 11.6 Å². The molecule has 286 valence electrons. The molecule has 53 heavy (non-hydrogen) atoms. The molecule has 0 spiro atoms. The van der Waals surface area contributed by atoms with E-state index in [1.165, 1.54) is 0 Å². The first kappa shape index (κ1) is 41.6. The smallest absolute Gasteiger partial charge is 0.344 e. The monoisotopic (exact) mass is 738 g/mol. The van der Waals surface area contributed by atoms with Crippen molar-refractivity contribution in [1.82, 2.24) is 26.6 Å². The number of phenols is 1. The lowest BCUT2D eigenvalue weighted by molar-refractivity contribution is -0.129. The molecule has 5 amide bonds. The fourth-order valence-electron chi connectivity index (χ4n) is 5.12. The molecule has 0 fully saturated rings. The van der Waals surface area contributed by atoms with E-state index < -0.39 is 59.3 Å². The van der Waals surface area contributed by atoms with Gasteiger partial charge in [-0.1, -0.05) is 49.4 Å². The number of urea groups is 1. The van der Waals surface area contributed by atoms with Crippen molar-refractivity contribution >= 4 is 29.7 Å². The number of nitrogens with one attached hydrogen (secondary N) is 5. The number of phenolic OH excluding ortho intramolecular Hbond substituents is 1. The lowest BCUT2D eigenvalue weighted by atomic mass is 9.90. The summed E-state index contributed by atoms with van der Waals surface area (Å²) in [6.07, 6.45) is 2.25. The molecule has 2 atom stereocenters. The van der Waals surface area contributed by atoms with Crippen molar-refractivity contribution in [2.24, 2.45) is 16.5 Å². The van der Waals surface area contributed by atoms with Crippen molar-refractivity contribution in [1.29, 1.82) is 0 Å². The number of halogens is 2. The first-order valence-corrected chi connectivity index (χ1v) is 17.4. The Balaban J connectivity index is 1.73. The second-order valence-corrected chi connectivity index (χ2v) is 11.9. The summed E-state index contributed by atoms with van der Waals surface area (Å²) in [6.45, 7) is 2.74. The van der Waals surface area contributed by atoms with Crippen molar-refractivity contribution in [3.05, 3.63) is 95.1 Å². The minimum absolute atomic E-state index is 0.0544. The number of amides is 5. The van der Waals surface area contributed by atoms with Gasteiger partial charge in [-0.25, -0.2) is 13.6 Å². The van der Waals surface area contributed by atoms with Crippen molar-refractivity contribution in [2.75, 3.05) is 32.8 Å². The molecule has 3 aromatic carbocycles. The van der Waals surface area contributed by atoms with E-state index in [1.807, 2.05) is 6.07 Å². The average molecular weight is 739 g/mol. The minimum Gasteiger partial charge on any atom is -0.508 e. The highest BCUT2D eigenvalue weighted by molar-refractivity contribution is 5.93. The number of carbonyl (C=O) groups is 4. The summed E-state index contributed by atoms with van der Waals surface area (Å²) < 4.78 is 34.6. The second-order valence-electron chi connectivity index (χ2n) is 11.9. The zero-order valence-electron chi connectivity index (χ0n) is 29.6. The maximum atomic E-state index is 14.4. The van der Waals surface area contributed by atoms with Gasteiger partial charge in [0.1, 0.15) is 29.2 Å². The maximum Gasteiger partial charge on any atom is 0.344 e. The Kier molecular flexibility index (Phi) is 17.5. The molecule has 0 aliphatic carbocycles. The highest BCUT2D eigenvalue weighted by atomic mass is 19.1. The Labute approximate surface area is 307 Å². The number of ether oxygens (including phenoxy) is 1. The van der Waals surface area contributed by atoms with Gasteiger partial charge in [-0.3, -0.25) is 14.4 Å². The molecule has 14 nitrogen and oxygen atoms in total. The Bertz CT molecular complexity index is 1650.